The zero-order valence-corrected chi connectivity index (χ0v) is 19.0. The second kappa shape index (κ2) is 8.00. The fraction of sp³-hybridized carbons (Fsp3) is 0.381. The molecule has 0 heterocycles. The summed E-state index contributed by atoms with van der Waals surface area (Å²) in [7, 11) is 2.97. The molecule has 0 aromatic heterocycles. The number of rotatable bonds is 2. The number of nitrogens with zero attached hydrogens (tertiary/aromatic N) is 1. The van der Waals surface area contributed by atoms with Crippen LogP contribution in [0.15, 0.2) is 29.0 Å². The van der Waals surface area contributed by atoms with Crippen molar-refractivity contribution in [3.8, 4) is 5.75 Å². The highest BCUT2D eigenvalue weighted by atomic mass is 35.5. The number of likely N-dealkylation sites (N-methyl/N-ethyl adjacent to an activating group) is 1. The van der Waals surface area contributed by atoms with Crippen LogP contribution in [0.3, 0.4) is 0 Å². The Labute approximate surface area is 199 Å². The lowest BCUT2D eigenvalue weighted by Gasteiger charge is -2.51. The Kier molecular flexibility index (Phi) is 6.06. The number of hydrogen-bond donors (Lipinski definition) is 6. The third-order valence-corrected chi connectivity index (χ3v) is 6.97. The Bertz CT molecular complexity index is 1160. The molecule has 0 radical (unpaired) electrons. The third kappa shape index (κ3) is 3.09. The van der Waals surface area contributed by atoms with Crippen molar-refractivity contribution in [2.45, 2.75) is 24.2 Å². The number of aliphatic hydroxyl groups is 4. The van der Waals surface area contributed by atoms with Gasteiger partial charge in [-0.2, -0.15) is 0 Å². The normalized spacial score (nSPS) is 31.1. The first-order valence-electron chi connectivity index (χ1n) is 9.69. The molecule has 1 aromatic rings. The number of phenols is 1. The molecule has 1 saturated carbocycles. The van der Waals surface area contributed by atoms with E-state index in [-0.39, 0.29) is 35.0 Å². The Morgan fingerprint density at radius 2 is 1.82 bits per heavy atom. The number of benzene rings is 1. The van der Waals surface area contributed by atoms with E-state index < -0.39 is 75.5 Å². The van der Waals surface area contributed by atoms with E-state index in [1.54, 1.807) is 0 Å². The Morgan fingerprint density at radius 3 is 2.36 bits per heavy atom. The number of carbonyl (C=O) groups excluding carboxylic acids is 3. The quantitative estimate of drug-likeness (QED) is 0.315. The Balaban J connectivity index is 0.00000306. The van der Waals surface area contributed by atoms with Gasteiger partial charge in [-0.1, -0.05) is 11.6 Å². The molecule has 33 heavy (non-hydrogen) atoms. The van der Waals surface area contributed by atoms with Crippen molar-refractivity contribution in [1.29, 1.82) is 0 Å². The maximum absolute atomic E-state index is 13.6. The average molecular weight is 501 g/mol. The molecule has 10 nitrogen and oxygen atoms in total. The summed E-state index contributed by atoms with van der Waals surface area (Å²) in [6.45, 7) is 0. The largest absolute Gasteiger partial charge is 0.508 e. The molecule has 7 N–H and O–H groups in total. The Morgan fingerprint density at radius 1 is 1.21 bits per heavy atom. The first kappa shape index (κ1) is 25.0. The lowest BCUT2D eigenvalue weighted by molar-refractivity contribution is -0.155. The molecule has 0 spiro atoms. The average Bonchev–Trinajstić information content (AvgIpc) is 2.69. The van der Waals surface area contributed by atoms with Crippen LogP contribution in [0.1, 0.15) is 23.7 Å². The van der Waals surface area contributed by atoms with E-state index in [4.69, 9.17) is 17.3 Å². The number of aliphatic hydroxyl groups excluding tert-OH is 3. The highest BCUT2D eigenvalue weighted by molar-refractivity contribution is 6.32. The van der Waals surface area contributed by atoms with Crippen molar-refractivity contribution in [3.05, 3.63) is 45.2 Å². The van der Waals surface area contributed by atoms with E-state index in [9.17, 15) is 39.9 Å². The number of fused-ring (bicyclic) bond motifs is 3. The van der Waals surface area contributed by atoms with Crippen LogP contribution >= 0.6 is 24.0 Å². The van der Waals surface area contributed by atoms with Gasteiger partial charge in [0, 0.05) is 28.0 Å². The van der Waals surface area contributed by atoms with Crippen LogP contribution in [0.4, 0.5) is 0 Å². The summed E-state index contributed by atoms with van der Waals surface area (Å²) >= 11 is 6.19. The number of phenolic OH excluding ortho intramolecular Hbond substituents is 1. The van der Waals surface area contributed by atoms with Gasteiger partial charge >= 0.3 is 0 Å². The summed E-state index contributed by atoms with van der Waals surface area (Å²) in [6, 6.07) is 1.25. The molecule has 178 valence electrons. The topological polar surface area (TPSA) is 182 Å². The molecular weight excluding hydrogens is 479 g/mol. The molecule has 1 amide bonds. The predicted molar refractivity (Wildman–Crippen MR) is 118 cm³/mol. The van der Waals surface area contributed by atoms with Gasteiger partial charge in [0.25, 0.3) is 5.91 Å². The summed E-state index contributed by atoms with van der Waals surface area (Å²) in [4.78, 5) is 39.8. The van der Waals surface area contributed by atoms with E-state index in [1.807, 2.05) is 0 Å². The summed E-state index contributed by atoms with van der Waals surface area (Å²) < 4.78 is 0. The fourth-order valence-electron chi connectivity index (χ4n) is 5.24. The minimum absolute atomic E-state index is 0. The van der Waals surface area contributed by atoms with Crippen LogP contribution in [-0.4, -0.2) is 73.6 Å². The van der Waals surface area contributed by atoms with Gasteiger partial charge in [-0.05, 0) is 32.6 Å². The molecule has 5 atom stereocenters. The molecule has 4 rings (SSSR count). The predicted octanol–water partition coefficient (Wildman–Crippen LogP) is 0.530. The summed E-state index contributed by atoms with van der Waals surface area (Å²) in [5.41, 5.74) is 0.845. The van der Waals surface area contributed by atoms with E-state index in [0.717, 1.165) is 0 Å². The summed E-state index contributed by atoms with van der Waals surface area (Å²) in [6.07, 6.45) is -1.70. The number of amides is 1. The highest BCUT2D eigenvalue weighted by Crippen LogP contribution is 2.56. The van der Waals surface area contributed by atoms with Gasteiger partial charge < -0.3 is 31.3 Å². The lowest BCUT2D eigenvalue weighted by Crippen LogP contribution is -2.66. The van der Waals surface area contributed by atoms with E-state index in [2.05, 4.69) is 0 Å². The van der Waals surface area contributed by atoms with E-state index in [0.29, 0.717) is 0 Å². The fourth-order valence-corrected chi connectivity index (χ4v) is 5.51. The number of Topliss-reactive ketones (excluding diaryl/α,β-unsaturated/α-hetero) is 2. The summed E-state index contributed by atoms with van der Waals surface area (Å²) in [5.74, 6) is -8.19. The van der Waals surface area contributed by atoms with Crippen molar-refractivity contribution < 1.29 is 39.9 Å². The van der Waals surface area contributed by atoms with Gasteiger partial charge in [-0.15, -0.1) is 12.4 Å². The Hall–Kier alpha value is -2.63. The SMILES string of the molecule is CN(C)C1C(=O)C(C(N)=O)=C(O)C2(O)C(=O)C3=C(O)c4c(O)ccc(Cl)c4[C@@H](O)C3CC12.Cl. The van der Waals surface area contributed by atoms with E-state index >= 15 is 0 Å². The smallest absolute Gasteiger partial charge is 0.255 e. The number of hydrogen-bond acceptors (Lipinski definition) is 9. The number of aromatic hydroxyl groups is 1. The maximum atomic E-state index is 13.6. The van der Waals surface area contributed by atoms with Crippen LogP contribution in [0.5, 0.6) is 5.75 Å². The zero-order valence-electron chi connectivity index (χ0n) is 17.4. The van der Waals surface area contributed by atoms with Crippen molar-refractivity contribution in [2.75, 3.05) is 14.1 Å². The van der Waals surface area contributed by atoms with Crippen molar-refractivity contribution in [3.63, 3.8) is 0 Å². The minimum atomic E-state index is -2.77. The number of nitrogens with two attached hydrogens (primary N) is 1. The lowest BCUT2D eigenvalue weighted by atomic mass is 9.57. The van der Waals surface area contributed by atoms with Crippen molar-refractivity contribution in [1.82, 2.24) is 4.90 Å². The van der Waals surface area contributed by atoms with Gasteiger partial charge in [0.15, 0.2) is 11.4 Å². The van der Waals surface area contributed by atoms with Crippen LogP contribution in [0, 0.1) is 11.8 Å². The van der Waals surface area contributed by atoms with Crippen LogP contribution in [-0.2, 0) is 14.4 Å². The minimum Gasteiger partial charge on any atom is -0.508 e. The second-order valence-corrected chi connectivity index (χ2v) is 8.87. The molecule has 1 aromatic carbocycles. The standard InChI is InChI=1S/C21H21ClN2O8.ClH/c1-24(2)14-7-5-6-10(16(27)12-9(25)4-3-8(22)11(12)15(6)26)18(29)21(7,32)19(30)13(17(14)28)20(23)31;/h3-4,6-7,14-15,25-27,30,32H,5H2,1-2H3,(H2,23,31);1H/t6?,7?,14?,15-,21?;/m0./s1. The molecule has 3 aliphatic rings. The maximum Gasteiger partial charge on any atom is 0.255 e. The van der Waals surface area contributed by atoms with Gasteiger partial charge in [0.1, 0.15) is 22.8 Å². The van der Waals surface area contributed by atoms with Gasteiger partial charge in [0.05, 0.1) is 17.7 Å². The van der Waals surface area contributed by atoms with Crippen LogP contribution in [0.25, 0.3) is 5.76 Å². The van der Waals surface area contributed by atoms with Crippen LogP contribution < -0.4 is 5.73 Å². The number of ketones is 2. The number of carbonyl (C=O) groups is 3. The van der Waals surface area contributed by atoms with Gasteiger partial charge in [0.2, 0.25) is 5.78 Å². The van der Waals surface area contributed by atoms with Crippen LogP contribution in [0.2, 0.25) is 5.02 Å². The van der Waals surface area contributed by atoms with Crippen molar-refractivity contribution >= 4 is 47.2 Å². The molecular formula is C21H22Cl2N2O8. The van der Waals surface area contributed by atoms with Gasteiger partial charge in [-0.25, -0.2) is 0 Å². The summed E-state index contributed by atoms with van der Waals surface area (Å²) in [5, 5.41) is 54.4. The molecule has 4 unspecified atom stereocenters. The van der Waals surface area contributed by atoms with E-state index in [1.165, 1.54) is 31.1 Å². The first-order valence-corrected chi connectivity index (χ1v) is 10.1. The third-order valence-electron chi connectivity index (χ3n) is 6.64. The van der Waals surface area contributed by atoms with Crippen molar-refractivity contribution in [2.24, 2.45) is 17.6 Å². The highest BCUT2D eigenvalue weighted by Gasteiger charge is 2.65. The monoisotopic (exact) mass is 500 g/mol. The molecule has 0 saturated heterocycles. The molecule has 1 fully saturated rings. The van der Waals surface area contributed by atoms with Gasteiger partial charge in [-0.3, -0.25) is 19.3 Å². The number of primary amides is 1. The number of halogens is 2. The molecule has 12 heteroatoms. The zero-order chi connectivity index (χ0) is 23.9. The molecule has 0 aliphatic heterocycles. The first-order chi connectivity index (χ1) is 14.8. The second-order valence-electron chi connectivity index (χ2n) is 8.47. The molecule has 3 aliphatic carbocycles. The molecule has 0 bridgehead atoms.